The summed E-state index contributed by atoms with van der Waals surface area (Å²) in [5.74, 6) is -0.875. The first-order valence-corrected chi connectivity index (χ1v) is 33.3. The lowest BCUT2D eigenvalue weighted by atomic mass is 10.0. The maximum atomic E-state index is 12.9. The van der Waals surface area contributed by atoms with Crippen molar-refractivity contribution in [3.63, 3.8) is 0 Å². The van der Waals surface area contributed by atoms with Crippen molar-refractivity contribution in [1.29, 1.82) is 0 Å². The van der Waals surface area contributed by atoms with E-state index in [1.165, 1.54) is 212 Å². The number of unbranched alkanes of at least 4 members (excludes halogenated alkanes) is 40. The Hall–Kier alpha value is -2.89. The van der Waals surface area contributed by atoms with Crippen molar-refractivity contribution in [2.24, 2.45) is 0 Å². The first-order chi connectivity index (χ1) is 37.5. The quantitative estimate of drug-likeness (QED) is 0.0261. The molecule has 6 nitrogen and oxygen atoms in total. The topological polar surface area (TPSA) is 78.9 Å². The van der Waals surface area contributed by atoms with Gasteiger partial charge >= 0.3 is 17.9 Å². The Morgan fingerprint density at radius 3 is 0.803 bits per heavy atom. The Morgan fingerprint density at radius 1 is 0.276 bits per heavy atom. The number of hydrogen-bond acceptors (Lipinski definition) is 6. The number of hydrogen-bond donors (Lipinski definition) is 0. The molecule has 0 saturated carbocycles. The molecule has 0 heterocycles. The van der Waals surface area contributed by atoms with Crippen LogP contribution in [0.5, 0.6) is 0 Å². The molecule has 0 aliphatic heterocycles. The molecule has 0 radical (unpaired) electrons. The van der Waals surface area contributed by atoms with Crippen molar-refractivity contribution in [2.45, 2.75) is 354 Å². The second kappa shape index (κ2) is 64.6. The molecule has 442 valence electrons. The van der Waals surface area contributed by atoms with Crippen LogP contribution in [0.1, 0.15) is 348 Å². The van der Waals surface area contributed by atoms with Crippen LogP contribution in [0.15, 0.2) is 60.8 Å². The summed E-state index contributed by atoms with van der Waals surface area (Å²) < 4.78 is 16.9. The molecule has 0 amide bonds. The van der Waals surface area contributed by atoms with E-state index in [0.717, 1.165) is 96.3 Å². The first-order valence-electron chi connectivity index (χ1n) is 33.3. The molecule has 0 spiro atoms. The highest BCUT2D eigenvalue weighted by molar-refractivity contribution is 5.71. The summed E-state index contributed by atoms with van der Waals surface area (Å²) in [6, 6.07) is 0. The van der Waals surface area contributed by atoms with Crippen molar-refractivity contribution < 1.29 is 28.6 Å². The second-order valence-corrected chi connectivity index (χ2v) is 22.4. The molecule has 0 saturated heterocycles. The van der Waals surface area contributed by atoms with Gasteiger partial charge < -0.3 is 14.2 Å². The molecule has 0 N–H and O–H groups in total. The van der Waals surface area contributed by atoms with Gasteiger partial charge in [0.1, 0.15) is 13.2 Å². The van der Waals surface area contributed by atoms with Crippen LogP contribution in [0.3, 0.4) is 0 Å². The molecule has 6 heteroatoms. The standard InChI is InChI=1S/C70H126O6/c1-4-7-10-13-16-18-20-22-24-26-28-30-32-33-34-35-36-38-39-41-43-45-47-49-51-54-57-60-63-69(72)75-66-67(65-74-68(71)62-59-56-53-15-12-9-6-3)76-70(73)64-61-58-55-52-50-48-46-44-42-40-37-31-29-27-25-23-21-19-17-14-11-8-5-2/h8,11,17,19,23,25,29,31,40,42,67H,4-7,9-10,12-16,18,20-22,24,26-28,30,32-39,41,43-66H2,1-3H3/b11-8-,19-17-,25-23-,31-29-,42-40-. The summed E-state index contributed by atoms with van der Waals surface area (Å²) in [6.07, 6.45) is 82.7. The van der Waals surface area contributed by atoms with Gasteiger partial charge in [0.05, 0.1) is 0 Å². The zero-order valence-corrected chi connectivity index (χ0v) is 50.8. The Bertz CT molecular complexity index is 1360. The Labute approximate surface area is 472 Å². The van der Waals surface area contributed by atoms with E-state index < -0.39 is 6.10 Å². The fourth-order valence-corrected chi connectivity index (χ4v) is 9.83. The van der Waals surface area contributed by atoms with Gasteiger partial charge in [0.25, 0.3) is 0 Å². The van der Waals surface area contributed by atoms with Gasteiger partial charge in [-0.05, 0) is 64.2 Å². The largest absolute Gasteiger partial charge is 0.462 e. The molecule has 0 aliphatic rings. The van der Waals surface area contributed by atoms with Gasteiger partial charge in [-0.3, -0.25) is 14.4 Å². The minimum Gasteiger partial charge on any atom is -0.462 e. The highest BCUT2D eigenvalue weighted by Gasteiger charge is 2.19. The highest BCUT2D eigenvalue weighted by atomic mass is 16.6. The maximum absolute atomic E-state index is 12.9. The monoisotopic (exact) mass is 1060 g/mol. The normalized spacial score (nSPS) is 12.4. The van der Waals surface area contributed by atoms with Crippen molar-refractivity contribution >= 4 is 17.9 Å². The molecule has 0 fully saturated rings. The number of ether oxygens (including phenoxy) is 3. The lowest BCUT2D eigenvalue weighted by Crippen LogP contribution is -2.30. The molecule has 0 aliphatic carbocycles. The van der Waals surface area contributed by atoms with Crippen molar-refractivity contribution in [3.05, 3.63) is 60.8 Å². The number of carbonyl (C=O) groups excluding carboxylic acids is 3. The van der Waals surface area contributed by atoms with Crippen LogP contribution in [0.2, 0.25) is 0 Å². The predicted octanol–water partition coefficient (Wildman–Crippen LogP) is 22.7. The highest BCUT2D eigenvalue weighted by Crippen LogP contribution is 2.18. The minimum absolute atomic E-state index is 0.0750. The molecular weight excluding hydrogens is 937 g/mol. The van der Waals surface area contributed by atoms with Crippen LogP contribution >= 0.6 is 0 Å². The number of allylic oxidation sites excluding steroid dienone is 10. The fourth-order valence-electron chi connectivity index (χ4n) is 9.83. The Morgan fingerprint density at radius 2 is 0.513 bits per heavy atom. The van der Waals surface area contributed by atoms with Gasteiger partial charge in [-0.25, -0.2) is 0 Å². The summed E-state index contributed by atoms with van der Waals surface area (Å²) in [7, 11) is 0. The van der Waals surface area contributed by atoms with Crippen LogP contribution in [0.25, 0.3) is 0 Å². The lowest BCUT2D eigenvalue weighted by Gasteiger charge is -2.18. The number of rotatable bonds is 61. The summed E-state index contributed by atoms with van der Waals surface area (Å²) in [5, 5.41) is 0. The van der Waals surface area contributed by atoms with Gasteiger partial charge in [0, 0.05) is 19.3 Å². The fraction of sp³-hybridized carbons (Fsp3) is 0.814. The Kier molecular flexibility index (Phi) is 62.2. The molecule has 0 rings (SSSR count). The Balaban J connectivity index is 4.08. The maximum Gasteiger partial charge on any atom is 0.306 e. The number of carbonyl (C=O) groups is 3. The molecular formula is C70H126O6. The average molecular weight is 1060 g/mol. The second-order valence-electron chi connectivity index (χ2n) is 22.4. The van der Waals surface area contributed by atoms with Crippen LogP contribution in [-0.2, 0) is 28.6 Å². The lowest BCUT2D eigenvalue weighted by molar-refractivity contribution is -0.167. The van der Waals surface area contributed by atoms with Crippen LogP contribution < -0.4 is 0 Å². The van der Waals surface area contributed by atoms with E-state index in [0.29, 0.717) is 19.3 Å². The average Bonchev–Trinajstić information content (AvgIpc) is 3.42. The van der Waals surface area contributed by atoms with E-state index in [1.54, 1.807) is 0 Å². The SMILES string of the molecule is CC/C=C\C/C=C\C/C=C\C/C=C\C/C=C\CCCCCCCCCC(=O)OC(COC(=O)CCCCCCCCC)COC(=O)CCCCCCCCCCCCCCCCCCCCCCCCCCCCCC. The molecule has 1 atom stereocenters. The summed E-state index contributed by atoms with van der Waals surface area (Å²) in [6.45, 7) is 6.52. The van der Waals surface area contributed by atoms with Crippen LogP contribution in [0.4, 0.5) is 0 Å². The van der Waals surface area contributed by atoms with E-state index in [4.69, 9.17) is 14.2 Å². The van der Waals surface area contributed by atoms with E-state index >= 15 is 0 Å². The number of esters is 3. The summed E-state index contributed by atoms with van der Waals surface area (Å²) >= 11 is 0. The molecule has 0 aromatic carbocycles. The van der Waals surface area contributed by atoms with Gasteiger partial charge in [0.15, 0.2) is 6.10 Å². The predicted molar refractivity (Wildman–Crippen MR) is 330 cm³/mol. The van der Waals surface area contributed by atoms with Gasteiger partial charge in [-0.1, -0.05) is 326 Å². The van der Waals surface area contributed by atoms with Crippen molar-refractivity contribution in [2.75, 3.05) is 13.2 Å². The van der Waals surface area contributed by atoms with Crippen molar-refractivity contribution in [3.8, 4) is 0 Å². The molecule has 76 heavy (non-hydrogen) atoms. The van der Waals surface area contributed by atoms with Gasteiger partial charge in [-0.15, -0.1) is 0 Å². The molecule has 0 aromatic heterocycles. The smallest absolute Gasteiger partial charge is 0.306 e. The van der Waals surface area contributed by atoms with E-state index in [9.17, 15) is 14.4 Å². The zero-order valence-electron chi connectivity index (χ0n) is 50.8. The van der Waals surface area contributed by atoms with Crippen LogP contribution in [0, 0.1) is 0 Å². The summed E-state index contributed by atoms with van der Waals surface area (Å²) in [4.78, 5) is 38.1. The van der Waals surface area contributed by atoms with E-state index in [2.05, 4.69) is 81.5 Å². The molecule has 1 unspecified atom stereocenters. The summed E-state index contributed by atoms with van der Waals surface area (Å²) in [5.41, 5.74) is 0. The van der Waals surface area contributed by atoms with E-state index in [1.807, 2.05) is 0 Å². The minimum atomic E-state index is -0.777. The van der Waals surface area contributed by atoms with Crippen LogP contribution in [-0.4, -0.2) is 37.2 Å². The third-order valence-corrected chi connectivity index (χ3v) is 14.8. The third-order valence-electron chi connectivity index (χ3n) is 14.8. The van der Waals surface area contributed by atoms with Crippen molar-refractivity contribution in [1.82, 2.24) is 0 Å². The van der Waals surface area contributed by atoms with E-state index in [-0.39, 0.29) is 31.1 Å². The third kappa shape index (κ3) is 62.0. The van der Waals surface area contributed by atoms with Gasteiger partial charge in [0.2, 0.25) is 0 Å². The zero-order chi connectivity index (χ0) is 55.0. The first kappa shape index (κ1) is 73.1. The molecule has 0 aromatic rings. The van der Waals surface area contributed by atoms with Gasteiger partial charge in [-0.2, -0.15) is 0 Å². The molecule has 0 bridgehead atoms.